The van der Waals surface area contributed by atoms with Gasteiger partial charge in [-0.3, -0.25) is 4.79 Å². The summed E-state index contributed by atoms with van der Waals surface area (Å²) in [6.45, 7) is 3.81. The zero-order chi connectivity index (χ0) is 11.3. The van der Waals surface area contributed by atoms with E-state index in [1.54, 1.807) is 18.2 Å². The lowest BCUT2D eigenvalue weighted by Gasteiger charge is -2.08. The lowest BCUT2D eigenvalue weighted by atomic mass is 10.1. The van der Waals surface area contributed by atoms with Crippen molar-refractivity contribution in [3.8, 4) is 0 Å². The van der Waals surface area contributed by atoms with Gasteiger partial charge in [0, 0.05) is 12.5 Å². The number of carbonyl (C=O) groups excluding carboxylic acids is 1. The molecule has 15 heavy (non-hydrogen) atoms. The first-order chi connectivity index (χ1) is 7.09. The number of nitrogens with one attached hydrogen (secondary N) is 1. The second-order valence-corrected chi connectivity index (χ2v) is 3.81. The quantitative estimate of drug-likeness (QED) is 0.809. The van der Waals surface area contributed by atoms with Crippen LogP contribution in [0.5, 0.6) is 0 Å². The van der Waals surface area contributed by atoms with E-state index in [1.165, 1.54) is 6.07 Å². The van der Waals surface area contributed by atoms with Crippen molar-refractivity contribution >= 4 is 5.91 Å². The molecule has 0 unspecified atom stereocenters. The molecule has 0 aliphatic rings. The van der Waals surface area contributed by atoms with Crippen LogP contribution in [0.2, 0.25) is 0 Å². The van der Waals surface area contributed by atoms with Gasteiger partial charge < -0.3 is 5.32 Å². The SMILES string of the molecule is CC(C)NC(=O)CCc1ccccc1F. The van der Waals surface area contributed by atoms with Crippen LogP contribution < -0.4 is 5.32 Å². The van der Waals surface area contributed by atoms with E-state index in [9.17, 15) is 9.18 Å². The van der Waals surface area contributed by atoms with Crippen LogP contribution in [0.15, 0.2) is 24.3 Å². The number of rotatable bonds is 4. The highest BCUT2D eigenvalue weighted by atomic mass is 19.1. The number of aryl methyl sites for hydroxylation is 1. The normalized spacial score (nSPS) is 10.4. The van der Waals surface area contributed by atoms with Crippen molar-refractivity contribution in [1.29, 1.82) is 0 Å². The molecule has 0 spiro atoms. The summed E-state index contributed by atoms with van der Waals surface area (Å²) >= 11 is 0. The van der Waals surface area contributed by atoms with E-state index in [0.717, 1.165) is 0 Å². The summed E-state index contributed by atoms with van der Waals surface area (Å²) in [6.07, 6.45) is 0.782. The second-order valence-electron chi connectivity index (χ2n) is 3.81. The summed E-state index contributed by atoms with van der Waals surface area (Å²) < 4.78 is 13.2. The largest absolute Gasteiger partial charge is 0.354 e. The maximum absolute atomic E-state index is 13.2. The van der Waals surface area contributed by atoms with E-state index < -0.39 is 0 Å². The van der Waals surface area contributed by atoms with E-state index in [2.05, 4.69) is 5.32 Å². The van der Waals surface area contributed by atoms with Gasteiger partial charge in [-0.15, -0.1) is 0 Å². The Kier molecular flexibility index (Phi) is 4.28. The molecule has 1 N–H and O–H groups in total. The van der Waals surface area contributed by atoms with Crippen molar-refractivity contribution in [1.82, 2.24) is 5.32 Å². The van der Waals surface area contributed by atoms with Crippen molar-refractivity contribution < 1.29 is 9.18 Å². The Labute approximate surface area is 89.5 Å². The van der Waals surface area contributed by atoms with Crippen LogP contribution in [0, 0.1) is 5.82 Å². The highest BCUT2D eigenvalue weighted by Crippen LogP contribution is 2.08. The van der Waals surface area contributed by atoms with Gasteiger partial charge in [-0.05, 0) is 31.9 Å². The zero-order valence-corrected chi connectivity index (χ0v) is 9.09. The van der Waals surface area contributed by atoms with Gasteiger partial charge in [-0.25, -0.2) is 4.39 Å². The first kappa shape index (κ1) is 11.7. The molecule has 0 aromatic heterocycles. The molecule has 0 radical (unpaired) electrons. The van der Waals surface area contributed by atoms with E-state index >= 15 is 0 Å². The van der Waals surface area contributed by atoms with Crippen LogP contribution in [0.4, 0.5) is 4.39 Å². The monoisotopic (exact) mass is 209 g/mol. The van der Waals surface area contributed by atoms with Crippen LogP contribution in [-0.2, 0) is 11.2 Å². The van der Waals surface area contributed by atoms with Crippen LogP contribution in [0.3, 0.4) is 0 Å². The average molecular weight is 209 g/mol. The van der Waals surface area contributed by atoms with Crippen molar-refractivity contribution in [3.05, 3.63) is 35.6 Å². The number of hydrogen-bond acceptors (Lipinski definition) is 1. The summed E-state index contributed by atoms with van der Waals surface area (Å²) in [5.74, 6) is -0.275. The lowest BCUT2D eigenvalue weighted by molar-refractivity contribution is -0.121. The summed E-state index contributed by atoms with van der Waals surface area (Å²) in [6, 6.07) is 6.68. The van der Waals surface area contributed by atoms with Gasteiger partial charge in [-0.1, -0.05) is 18.2 Å². The van der Waals surface area contributed by atoms with Gasteiger partial charge >= 0.3 is 0 Å². The van der Waals surface area contributed by atoms with E-state index in [1.807, 2.05) is 13.8 Å². The molecule has 1 aromatic rings. The van der Waals surface area contributed by atoms with Gasteiger partial charge in [-0.2, -0.15) is 0 Å². The molecule has 3 heteroatoms. The maximum atomic E-state index is 13.2. The molecule has 0 heterocycles. The topological polar surface area (TPSA) is 29.1 Å². The summed E-state index contributed by atoms with van der Waals surface area (Å²) in [7, 11) is 0. The maximum Gasteiger partial charge on any atom is 0.220 e. The Morgan fingerprint density at radius 1 is 1.40 bits per heavy atom. The van der Waals surface area contributed by atoms with E-state index in [4.69, 9.17) is 0 Å². The molecule has 0 saturated heterocycles. The fraction of sp³-hybridized carbons (Fsp3) is 0.417. The van der Waals surface area contributed by atoms with Gasteiger partial charge in [0.15, 0.2) is 0 Å². The summed E-state index contributed by atoms with van der Waals surface area (Å²) in [4.78, 5) is 11.3. The molecule has 0 atom stereocenters. The van der Waals surface area contributed by atoms with E-state index in [-0.39, 0.29) is 17.8 Å². The Bertz CT molecular complexity index is 336. The third-order valence-corrected chi connectivity index (χ3v) is 2.03. The third kappa shape index (κ3) is 4.11. The molecular formula is C12H16FNO. The minimum atomic E-state index is -0.241. The highest BCUT2D eigenvalue weighted by molar-refractivity contribution is 5.76. The minimum absolute atomic E-state index is 0.0340. The minimum Gasteiger partial charge on any atom is -0.354 e. The van der Waals surface area contributed by atoms with Crippen LogP contribution in [0.1, 0.15) is 25.8 Å². The lowest BCUT2D eigenvalue weighted by Crippen LogP contribution is -2.30. The Balaban J connectivity index is 2.44. The highest BCUT2D eigenvalue weighted by Gasteiger charge is 2.06. The predicted octanol–water partition coefficient (Wildman–Crippen LogP) is 2.28. The van der Waals surface area contributed by atoms with Gasteiger partial charge in [0.05, 0.1) is 0 Å². The fourth-order valence-corrected chi connectivity index (χ4v) is 1.34. The fourth-order valence-electron chi connectivity index (χ4n) is 1.34. The van der Waals surface area contributed by atoms with Gasteiger partial charge in [0.2, 0.25) is 5.91 Å². The number of hydrogen-bond donors (Lipinski definition) is 1. The van der Waals surface area contributed by atoms with Crippen molar-refractivity contribution in [2.24, 2.45) is 0 Å². The molecule has 0 saturated carbocycles. The van der Waals surface area contributed by atoms with E-state index in [0.29, 0.717) is 18.4 Å². The molecule has 0 aliphatic heterocycles. The van der Waals surface area contributed by atoms with Gasteiger partial charge in [0.25, 0.3) is 0 Å². The van der Waals surface area contributed by atoms with Crippen molar-refractivity contribution in [2.75, 3.05) is 0 Å². The number of halogens is 1. The molecule has 1 aromatic carbocycles. The standard InChI is InChI=1S/C12H16FNO/c1-9(2)14-12(15)8-7-10-5-3-4-6-11(10)13/h3-6,9H,7-8H2,1-2H3,(H,14,15). The van der Waals surface area contributed by atoms with Crippen LogP contribution >= 0.6 is 0 Å². The summed E-state index contributed by atoms with van der Waals surface area (Å²) in [5, 5.41) is 2.77. The van der Waals surface area contributed by atoms with Crippen LogP contribution in [0.25, 0.3) is 0 Å². The molecule has 82 valence electrons. The number of amides is 1. The zero-order valence-electron chi connectivity index (χ0n) is 9.09. The Morgan fingerprint density at radius 3 is 2.67 bits per heavy atom. The van der Waals surface area contributed by atoms with Gasteiger partial charge in [0.1, 0.15) is 5.82 Å². The average Bonchev–Trinajstić information content (AvgIpc) is 2.15. The smallest absolute Gasteiger partial charge is 0.220 e. The molecule has 1 rings (SSSR count). The Hall–Kier alpha value is -1.38. The third-order valence-electron chi connectivity index (χ3n) is 2.03. The predicted molar refractivity (Wildman–Crippen MR) is 58.0 cm³/mol. The van der Waals surface area contributed by atoms with Crippen molar-refractivity contribution in [2.45, 2.75) is 32.7 Å². The number of carbonyl (C=O) groups is 1. The van der Waals surface area contributed by atoms with Crippen LogP contribution in [-0.4, -0.2) is 11.9 Å². The molecule has 0 bridgehead atoms. The first-order valence-corrected chi connectivity index (χ1v) is 5.12. The first-order valence-electron chi connectivity index (χ1n) is 5.12. The molecule has 0 fully saturated rings. The van der Waals surface area contributed by atoms with Crippen molar-refractivity contribution in [3.63, 3.8) is 0 Å². The second kappa shape index (κ2) is 5.49. The molecule has 0 aliphatic carbocycles. The summed E-state index contributed by atoms with van der Waals surface area (Å²) in [5.41, 5.74) is 0.594. The molecule has 1 amide bonds. The molecule has 2 nitrogen and oxygen atoms in total. The number of benzene rings is 1. The molecular weight excluding hydrogens is 193 g/mol. The Morgan fingerprint density at radius 2 is 2.07 bits per heavy atom.